The number of phosphoric ester groups is 1. The van der Waals surface area contributed by atoms with Crippen LogP contribution in [-0.2, 0) is 13.9 Å². The standard InChI is InChI=1S/C19H32NO6P.2Na/c1-4-5-6-7-8-12-19(21)20-18(14-25-27(22,23)24)16-10-9-11-17(13-16)26-15(2)3;;/h9-11,13,15,18H,4-8,12,14H2,1-3H3,(H,20,21)(H2,22,23,24);;/q;2*+1/p-2. The largest absolute Gasteiger partial charge is 1.00 e. The van der Waals surface area contributed by atoms with Crippen LogP contribution in [0.4, 0.5) is 0 Å². The molecule has 0 saturated heterocycles. The molecule has 1 atom stereocenters. The zero-order chi connectivity index (χ0) is 20.3. The minimum Gasteiger partial charge on any atom is -0.790 e. The summed E-state index contributed by atoms with van der Waals surface area (Å²) >= 11 is 0. The van der Waals surface area contributed by atoms with Crippen LogP contribution in [0.5, 0.6) is 5.75 Å². The van der Waals surface area contributed by atoms with E-state index in [9.17, 15) is 19.1 Å². The zero-order valence-electron chi connectivity index (χ0n) is 18.3. The van der Waals surface area contributed by atoms with Gasteiger partial charge in [-0.3, -0.25) is 4.79 Å². The number of nitrogens with one attached hydrogen (secondary N) is 1. The Labute approximate surface area is 218 Å². The van der Waals surface area contributed by atoms with E-state index in [4.69, 9.17) is 4.74 Å². The van der Waals surface area contributed by atoms with Gasteiger partial charge in [0.15, 0.2) is 0 Å². The topological polar surface area (TPSA) is 111 Å². The van der Waals surface area contributed by atoms with Gasteiger partial charge < -0.3 is 28.9 Å². The summed E-state index contributed by atoms with van der Waals surface area (Å²) in [5, 5.41) is 2.76. The fraction of sp³-hybridized carbons (Fsp3) is 0.632. The van der Waals surface area contributed by atoms with Gasteiger partial charge >= 0.3 is 59.1 Å². The number of ether oxygens (including phenoxy) is 1. The molecule has 1 aromatic carbocycles. The fourth-order valence-corrected chi connectivity index (χ4v) is 2.95. The number of unbranched alkanes of at least 4 members (excludes halogenated alkanes) is 4. The first-order valence-corrected chi connectivity index (χ1v) is 10.9. The van der Waals surface area contributed by atoms with Crippen LogP contribution in [0.2, 0.25) is 0 Å². The van der Waals surface area contributed by atoms with Crippen LogP contribution in [-0.4, -0.2) is 18.6 Å². The van der Waals surface area contributed by atoms with Crippen molar-refractivity contribution in [1.82, 2.24) is 5.32 Å². The maximum Gasteiger partial charge on any atom is 1.00 e. The van der Waals surface area contributed by atoms with Crippen molar-refractivity contribution < 1.29 is 87.5 Å². The Morgan fingerprint density at radius 2 is 1.79 bits per heavy atom. The molecule has 0 radical (unpaired) electrons. The second-order valence-electron chi connectivity index (χ2n) is 6.77. The van der Waals surface area contributed by atoms with Crippen molar-refractivity contribution in [2.45, 2.75) is 71.4 Å². The average molecular weight is 445 g/mol. The van der Waals surface area contributed by atoms with Gasteiger partial charge in [-0.05, 0) is 38.0 Å². The van der Waals surface area contributed by atoms with Crippen LogP contribution >= 0.6 is 7.82 Å². The Morgan fingerprint density at radius 1 is 1.14 bits per heavy atom. The molecule has 0 fully saturated rings. The van der Waals surface area contributed by atoms with Crippen molar-refractivity contribution in [3.8, 4) is 5.75 Å². The second kappa shape index (κ2) is 17.2. The number of phosphoric acid groups is 1. The van der Waals surface area contributed by atoms with E-state index in [1.807, 2.05) is 13.8 Å². The first-order valence-electron chi connectivity index (χ1n) is 9.44. The Morgan fingerprint density at radius 3 is 2.38 bits per heavy atom. The first kappa shape index (κ1) is 31.8. The third-order valence-corrected chi connectivity index (χ3v) is 4.34. The number of hydrogen-bond acceptors (Lipinski definition) is 6. The van der Waals surface area contributed by atoms with Crippen LogP contribution < -0.4 is 79.0 Å². The maximum atomic E-state index is 12.2. The molecule has 1 unspecified atom stereocenters. The summed E-state index contributed by atoms with van der Waals surface area (Å²) in [6.07, 6.45) is 5.40. The van der Waals surface area contributed by atoms with Crippen molar-refractivity contribution in [2.75, 3.05) is 6.61 Å². The van der Waals surface area contributed by atoms with Gasteiger partial charge in [-0.25, -0.2) is 0 Å². The van der Waals surface area contributed by atoms with Crippen molar-refractivity contribution in [2.24, 2.45) is 0 Å². The van der Waals surface area contributed by atoms with Gasteiger partial charge in [0.1, 0.15) is 5.75 Å². The predicted octanol–water partition coefficient (Wildman–Crippen LogP) is -3.16. The maximum absolute atomic E-state index is 12.2. The summed E-state index contributed by atoms with van der Waals surface area (Å²) in [5.74, 6) is 0.385. The van der Waals surface area contributed by atoms with Gasteiger partial charge in [-0.2, -0.15) is 0 Å². The SMILES string of the molecule is CCCCCCCC(=O)NC(COP(=O)([O-])[O-])c1cccc(OC(C)C)c1.[Na+].[Na+]. The Bertz CT molecular complexity index is 626. The number of rotatable bonds is 13. The Balaban J connectivity index is 0. The summed E-state index contributed by atoms with van der Waals surface area (Å²) in [5.41, 5.74) is 0.612. The van der Waals surface area contributed by atoms with Gasteiger partial charge in [-0.15, -0.1) is 0 Å². The number of amides is 1. The molecule has 0 aliphatic carbocycles. The zero-order valence-corrected chi connectivity index (χ0v) is 23.2. The molecule has 10 heteroatoms. The van der Waals surface area contributed by atoms with E-state index in [-0.39, 0.29) is 71.1 Å². The van der Waals surface area contributed by atoms with Crippen molar-refractivity contribution in [1.29, 1.82) is 0 Å². The Kier molecular flexibility index (Phi) is 18.8. The number of hydrogen-bond donors (Lipinski definition) is 1. The quantitative estimate of drug-likeness (QED) is 0.195. The molecule has 0 bridgehead atoms. The van der Waals surface area contributed by atoms with Gasteiger partial charge in [0.2, 0.25) is 5.91 Å². The molecule has 0 heterocycles. The average Bonchev–Trinajstić information content (AvgIpc) is 2.57. The third kappa shape index (κ3) is 16.0. The molecule has 154 valence electrons. The molecule has 0 aliphatic heterocycles. The molecule has 7 nitrogen and oxygen atoms in total. The van der Waals surface area contributed by atoms with E-state index >= 15 is 0 Å². The summed E-state index contributed by atoms with van der Waals surface area (Å²) in [4.78, 5) is 33.9. The molecule has 1 rings (SSSR count). The molecule has 0 aromatic heterocycles. The molecule has 1 aromatic rings. The second-order valence-corrected chi connectivity index (χ2v) is 7.92. The summed E-state index contributed by atoms with van der Waals surface area (Å²) in [6.45, 7) is 5.45. The Hall–Kier alpha value is 0.600. The van der Waals surface area contributed by atoms with E-state index in [1.54, 1.807) is 24.3 Å². The van der Waals surface area contributed by atoms with Crippen molar-refractivity contribution in [3.05, 3.63) is 29.8 Å². The van der Waals surface area contributed by atoms with Crippen LogP contribution in [0.25, 0.3) is 0 Å². The molecule has 0 saturated carbocycles. The molecule has 0 aliphatic rings. The normalized spacial score (nSPS) is 11.9. The molecule has 1 N–H and O–H groups in total. The minimum absolute atomic E-state index is 0. The van der Waals surface area contributed by atoms with Gasteiger partial charge in [0.05, 0.1) is 26.6 Å². The summed E-state index contributed by atoms with van der Waals surface area (Å²) < 4.78 is 20.9. The molecular formula is C19H30NNa2O6P. The van der Waals surface area contributed by atoms with Crippen LogP contribution in [0.3, 0.4) is 0 Å². The number of benzene rings is 1. The first-order chi connectivity index (χ1) is 12.7. The van der Waals surface area contributed by atoms with Crippen LogP contribution in [0.1, 0.15) is 70.9 Å². The van der Waals surface area contributed by atoms with E-state index < -0.39 is 20.5 Å². The third-order valence-electron chi connectivity index (χ3n) is 3.87. The fourth-order valence-electron chi connectivity index (χ4n) is 2.62. The van der Waals surface area contributed by atoms with E-state index in [0.29, 0.717) is 17.7 Å². The van der Waals surface area contributed by atoms with Gasteiger partial charge in [0.25, 0.3) is 0 Å². The summed E-state index contributed by atoms with van der Waals surface area (Å²) in [7, 11) is -5.13. The molecule has 1 amide bonds. The molecular weight excluding hydrogens is 415 g/mol. The summed E-state index contributed by atoms with van der Waals surface area (Å²) in [6, 6.07) is 6.19. The predicted molar refractivity (Wildman–Crippen MR) is 100 cm³/mol. The van der Waals surface area contributed by atoms with Gasteiger partial charge in [-0.1, -0.05) is 44.7 Å². The monoisotopic (exact) mass is 445 g/mol. The number of carbonyl (C=O) groups is 1. The molecule has 29 heavy (non-hydrogen) atoms. The van der Waals surface area contributed by atoms with E-state index in [2.05, 4.69) is 16.8 Å². The molecule has 0 spiro atoms. The van der Waals surface area contributed by atoms with E-state index in [0.717, 1.165) is 32.1 Å². The van der Waals surface area contributed by atoms with Crippen molar-refractivity contribution >= 4 is 13.7 Å². The van der Waals surface area contributed by atoms with Crippen LogP contribution in [0.15, 0.2) is 24.3 Å². The van der Waals surface area contributed by atoms with Crippen LogP contribution in [0, 0.1) is 0 Å². The van der Waals surface area contributed by atoms with Gasteiger partial charge in [0, 0.05) is 6.42 Å². The van der Waals surface area contributed by atoms with Crippen molar-refractivity contribution in [3.63, 3.8) is 0 Å². The van der Waals surface area contributed by atoms with E-state index in [1.165, 1.54) is 0 Å². The smallest absolute Gasteiger partial charge is 0.790 e. The number of carbonyl (C=O) groups excluding carboxylic acids is 1. The minimum atomic E-state index is -5.13.